The minimum absolute atomic E-state index is 0.380. The fraction of sp³-hybridized carbons (Fsp3) is 0.350. The number of hydrogen-bond acceptors (Lipinski definition) is 3. The molecule has 1 aliphatic rings. The van der Waals surface area contributed by atoms with Gasteiger partial charge in [-0.2, -0.15) is 0 Å². The molecule has 1 aliphatic heterocycles. The first-order valence-corrected chi connectivity index (χ1v) is 8.63. The molecule has 24 heavy (non-hydrogen) atoms. The average molecular weight is 323 g/mol. The van der Waals surface area contributed by atoms with E-state index in [0.29, 0.717) is 11.6 Å². The van der Waals surface area contributed by atoms with Gasteiger partial charge >= 0.3 is 0 Å². The van der Waals surface area contributed by atoms with Gasteiger partial charge in [0.2, 0.25) is 5.91 Å². The number of hydrogen-bond donors (Lipinski definition) is 2. The molecule has 0 atom stereocenters. The summed E-state index contributed by atoms with van der Waals surface area (Å²) in [5, 5.41) is 3.54. The minimum atomic E-state index is -0.380. The smallest absolute Gasteiger partial charge is 0.248 e. The number of piperidine rings is 1. The van der Waals surface area contributed by atoms with Crippen molar-refractivity contribution < 1.29 is 4.79 Å². The van der Waals surface area contributed by atoms with Crippen LogP contribution in [0.3, 0.4) is 0 Å². The van der Waals surface area contributed by atoms with Gasteiger partial charge in [-0.15, -0.1) is 0 Å². The van der Waals surface area contributed by atoms with Crippen molar-refractivity contribution in [3.63, 3.8) is 0 Å². The molecule has 1 amide bonds. The maximum atomic E-state index is 11.3. The lowest BCUT2D eigenvalue weighted by molar-refractivity contribution is 0.100. The minimum Gasteiger partial charge on any atom is -0.382 e. The summed E-state index contributed by atoms with van der Waals surface area (Å²) in [6.45, 7) is 3.34. The zero-order chi connectivity index (χ0) is 16.8. The van der Waals surface area contributed by atoms with Gasteiger partial charge in [0, 0.05) is 36.9 Å². The predicted molar refractivity (Wildman–Crippen MR) is 98.2 cm³/mol. The summed E-state index contributed by atoms with van der Waals surface area (Å²) < 4.78 is 0. The van der Waals surface area contributed by atoms with E-state index in [1.54, 1.807) is 6.07 Å². The number of primary amides is 1. The first kappa shape index (κ1) is 16.5. The first-order valence-electron chi connectivity index (χ1n) is 8.63. The van der Waals surface area contributed by atoms with E-state index in [9.17, 15) is 4.79 Å². The maximum Gasteiger partial charge on any atom is 0.248 e. The van der Waals surface area contributed by atoms with Gasteiger partial charge in [0.25, 0.3) is 0 Å². The molecule has 0 radical (unpaired) electrons. The van der Waals surface area contributed by atoms with Crippen molar-refractivity contribution in [3.8, 4) is 0 Å². The van der Waals surface area contributed by atoms with Gasteiger partial charge in [-0.3, -0.25) is 4.79 Å². The zero-order valence-corrected chi connectivity index (χ0v) is 13.9. The van der Waals surface area contributed by atoms with Gasteiger partial charge in [0.05, 0.1) is 0 Å². The lowest BCUT2D eigenvalue weighted by Crippen LogP contribution is -2.40. The number of nitrogens with two attached hydrogens (primary N) is 1. The standard InChI is InChI=1S/C20H25N3O/c21-20(24)17-7-4-8-19(15-17)22-18-10-13-23(14-11-18)12-9-16-5-2-1-3-6-16/h1-8,15,18,22H,9-14H2,(H2,21,24). The van der Waals surface area contributed by atoms with E-state index < -0.39 is 0 Å². The van der Waals surface area contributed by atoms with E-state index in [0.717, 1.165) is 44.6 Å². The van der Waals surface area contributed by atoms with Crippen LogP contribution in [0.5, 0.6) is 0 Å². The molecule has 1 saturated heterocycles. The lowest BCUT2D eigenvalue weighted by atomic mass is 10.0. The van der Waals surface area contributed by atoms with Crippen molar-refractivity contribution in [2.45, 2.75) is 25.3 Å². The highest BCUT2D eigenvalue weighted by atomic mass is 16.1. The summed E-state index contributed by atoms with van der Waals surface area (Å²) in [7, 11) is 0. The Morgan fingerprint density at radius 3 is 2.54 bits per heavy atom. The van der Waals surface area contributed by atoms with Crippen molar-refractivity contribution >= 4 is 11.6 Å². The Hall–Kier alpha value is -2.33. The Kier molecular flexibility index (Phi) is 5.49. The highest BCUT2D eigenvalue weighted by molar-refractivity contribution is 5.93. The molecule has 4 nitrogen and oxygen atoms in total. The van der Waals surface area contributed by atoms with Gasteiger partial charge in [-0.05, 0) is 43.0 Å². The molecular weight excluding hydrogens is 298 g/mol. The molecule has 1 heterocycles. The van der Waals surface area contributed by atoms with E-state index in [1.807, 2.05) is 18.2 Å². The first-order chi connectivity index (χ1) is 11.7. The van der Waals surface area contributed by atoms with Crippen molar-refractivity contribution in [2.24, 2.45) is 5.73 Å². The molecule has 3 rings (SSSR count). The van der Waals surface area contributed by atoms with Crippen LogP contribution in [0, 0.1) is 0 Å². The Morgan fingerprint density at radius 1 is 1.08 bits per heavy atom. The molecule has 0 unspecified atom stereocenters. The van der Waals surface area contributed by atoms with Gasteiger partial charge in [0.15, 0.2) is 0 Å². The summed E-state index contributed by atoms with van der Waals surface area (Å²) in [4.78, 5) is 13.8. The summed E-state index contributed by atoms with van der Waals surface area (Å²) in [6.07, 6.45) is 3.35. The van der Waals surface area contributed by atoms with Crippen molar-refractivity contribution in [1.82, 2.24) is 4.90 Å². The monoisotopic (exact) mass is 323 g/mol. The second kappa shape index (κ2) is 7.97. The van der Waals surface area contributed by atoms with Gasteiger partial charge in [-0.1, -0.05) is 36.4 Å². The molecular formula is C20H25N3O. The Bertz CT molecular complexity index is 664. The molecule has 4 heteroatoms. The van der Waals surface area contributed by atoms with Gasteiger partial charge in [0.1, 0.15) is 0 Å². The van der Waals surface area contributed by atoms with E-state index in [4.69, 9.17) is 5.73 Å². The highest BCUT2D eigenvalue weighted by Crippen LogP contribution is 2.18. The summed E-state index contributed by atoms with van der Waals surface area (Å²) >= 11 is 0. The number of rotatable bonds is 6. The molecule has 0 bridgehead atoms. The van der Waals surface area contributed by atoms with Gasteiger partial charge < -0.3 is 16.0 Å². The molecule has 2 aromatic rings. The van der Waals surface area contributed by atoms with Crippen molar-refractivity contribution in [3.05, 3.63) is 65.7 Å². The number of amides is 1. The van der Waals surface area contributed by atoms with E-state index in [-0.39, 0.29) is 5.91 Å². The number of carbonyl (C=O) groups excluding carboxylic acids is 1. The largest absolute Gasteiger partial charge is 0.382 e. The molecule has 1 fully saturated rings. The molecule has 0 spiro atoms. The summed E-state index contributed by atoms with van der Waals surface area (Å²) in [6, 6.07) is 18.6. The molecule has 0 saturated carbocycles. The quantitative estimate of drug-likeness (QED) is 0.859. The van der Waals surface area contributed by atoms with Crippen LogP contribution in [0.2, 0.25) is 0 Å². The van der Waals surface area contributed by atoms with Crippen molar-refractivity contribution in [1.29, 1.82) is 0 Å². The van der Waals surface area contributed by atoms with Crippen LogP contribution < -0.4 is 11.1 Å². The van der Waals surface area contributed by atoms with E-state index >= 15 is 0 Å². The van der Waals surface area contributed by atoms with Crippen LogP contribution in [0.1, 0.15) is 28.8 Å². The van der Waals surface area contributed by atoms with Crippen LogP contribution in [-0.4, -0.2) is 36.5 Å². The Balaban J connectivity index is 1.45. The predicted octanol–water partition coefficient (Wildman–Crippen LogP) is 2.90. The second-order valence-corrected chi connectivity index (χ2v) is 6.44. The summed E-state index contributed by atoms with van der Waals surface area (Å²) in [5.74, 6) is -0.380. The van der Waals surface area contributed by atoms with Crippen LogP contribution >= 0.6 is 0 Å². The molecule has 3 N–H and O–H groups in total. The molecule has 126 valence electrons. The Morgan fingerprint density at radius 2 is 1.83 bits per heavy atom. The van der Waals surface area contributed by atoms with E-state index in [2.05, 4.69) is 40.5 Å². The summed E-state index contributed by atoms with van der Waals surface area (Å²) in [5.41, 5.74) is 8.28. The van der Waals surface area contributed by atoms with E-state index in [1.165, 1.54) is 5.56 Å². The highest BCUT2D eigenvalue weighted by Gasteiger charge is 2.18. The van der Waals surface area contributed by atoms with Crippen molar-refractivity contribution in [2.75, 3.05) is 25.0 Å². The number of anilines is 1. The van der Waals surface area contributed by atoms with Crippen LogP contribution in [-0.2, 0) is 6.42 Å². The van der Waals surface area contributed by atoms with Gasteiger partial charge in [-0.25, -0.2) is 0 Å². The number of likely N-dealkylation sites (tertiary alicyclic amines) is 1. The number of nitrogens with one attached hydrogen (secondary N) is 1. The normalized spacial score (nSPS) is 16.0. The molecule has 0 aliphatic carbocycles. The zero-order valence-electron chi connectivity index (χ0n) is 13.9. The third-order valence-corrected chi connectivity index (χ3v) is 4.66. The van der Waals surface area contributed by atoms with Crippen LogP contribution in [0.4, 0.5) is 5.69 Å². The average Bonchev–Trinajstić information content (AvgIpc) is 2.62. The number of benzene rings is 2. The number of carbonyl (C=O) groups is 1. The topological polar surface area (TPSA) is 58.4 Å². The fourth-order valence-electron chi connectivity index (χ4n) is 3.23. The lowest BCUT2D eigenvalue weighted by Gasteiger charge is -2.33. The third kappa shape index (κ3) is 4.59. The second-order valence-electron chi connectivity index (χ2n) is 6.44. The maximum absolute atomic E-state index is 11.3. The molecule has 0 aromatic heterocycles. The Labute approximate surface area is 143 Å². The fourth-order valence-corrected chi connectivity index (χ4v) is 3.23. The molecule has 2 aromatic carbocycles. The third-order valence-electron chi connectivity index (χ3n) is 4.66. The SMILES string of the molecule is NC(=O)c1cccc(NC2CCN(CCc3ccccc3)CC2)c1. The number of nitrogens with zero attached hydrogens (tertiary/aromatic N) is 1. The van der Waals surface area contributed by atoms with Crippen LogP contribution in [0.15, 0.2) is 54.6 Å². The van der Waals surface area contributed by atoms with Crippen LogP contribution in [0.25, 0.3) is 0 Å².